The van der Waals surface area contributed by atoms with Crippen LogP contribution in [0.2, 0.25) is 0 Å². The zero-order valence-corrected chi connectivity index (χ0v) is 21.2. The normalized spacial score (nSPS) is 10.6. The predicted molar refractivity (Wildman–Crippen MR) is 123 cm³/mol. The molecule has 1 aromatic heterocycles. The third-order valence-electron chi connectivity index (χ3n) is 5.41. The number of aryl methyl sites for hydroxylation is 3. The van der Waals surface area contributed by atoms with Crippen LogP contribution in [0.5, 0.6) is 5.75 Å². The fourth-order valence-electron chi connectivity index (χ4n) is 3.86. The third kappa shape index (κ3) is 6.38. The summed E-state index contributed by atoms with van der Waals surface area (Å²) in [6, 6.07) is 22.5. The molecule has 6 nitrogen and oxygen atoms in total. The average Bonchev–Trinajstić information content (AvgIpc) is 3.09. The van der Waals surface area contributed by atoms with Crippen molar-refractivity contribution in [1.29, 1.82) is 0 Å². The van der Waals surface area contributed by atoms with Crippen LogP contribution >= 0.6 is 0 Å². The van der Waals surface area contributed by atoms with Crippen LogP contribution in [0.1, 0.15) is 28.7 Å². The molecule has 1 heterocycles. The molecule has 0 unspecified atom stereocenters. The van der Waals surface area contributed by atoms with Gasteiger partial charge in [0.25, 0.3) is 0 Å². The third-order valence-corrected chi connectivity index (χ3v) is 5.41. The molecule has 0 aliphatic heterocycles. The standard InChI is InChI=1S/C26H26N2O4.Na/c1-18-6-3-7-19(2)24(18)22-10-4-8-20(16-22)9-5-15-31-23-13-11-21(12-14-23)17-28-25(29)27-26(30)32-28;/h3-4,6-8,10-14,16H,5,9,15,17H2,1-2H3,(H,27,29,30);/q;+1/p-1. The molecule has 4 aromatic rings. The molecular formula is C26H25N2NaO4. The minimum absolute atomic E-state index is 0. The summed E-state index contributed by atoms with van der Waals surface area (Å²) in [7, 11) is 0. The van der Waals surface area contributed by atoms with Gasteiger partial charge < -0.3 is 14.2 Å². The Morgan fingerprint density at radius 2 is 1.61 bits per heavy atom. The van der Waals surface area contributed by atoms with Crippen molar-refractivity contribution >= 4 is 0 Å². The van der Waals surface area contributed by atoms with E-state index in [0.717, 1.165) is 28.9 Å². The zero-order valence-electron chi connectivity index (χ0n) is 19.2. The number of rotatable bonds is 8. The Morgan fingerprint density at radius 1 is 0.909 bits per heavy atom. The second-order valence-corrected chi connectivity index (χ2v) is 7.85. The van der Waals surface area contributed by atoms with Crippen molar-refractivity contribution in [2.45, 2.75) is 33.2 Å². The van der Waals surface area contributed by atoms with Crippen molar-refractivity contribution in [3.8, 4) is 16.9 Å². The molecule has 7 heteroatoms. The van der Waals surface area contributed by atoms with Crippen molar-refractivity contribution in [2.24, 2.45) is 0 Å². The van der Waals surface area contributed by atoms with E-state index in [9.17, 15) is 9.59 Å². The van der Waals surface area contributed by atoms with Crippen LogP contribution in [0, 0.1) is 13.8 Å². The summed E-state index contributed by atoms with van der Waals surface area (Å²) < 4.78 is 11.5. The van der Waals surface area contributed by atoms with Crippen LogP contribution < -0.4 is 50.7 Å². The van der Waals surface area contributed by atoms with Crippen LogP contribution in [0.15, 0.2) is 80.8 Å². The fraction of sp³-hybridized carbons (Fsp3) is 0.231. The van der Waals surface area contributed by atoms with Gasteiger partial charge >= 0.3 is 35.3 Å². The molecule has 0 atom stereocenters. The van der Waals surface area contributed by atoms with Gasteiger partial charge in [-0.25, -0.2) is 4.79 Å². The summed E-state index contributed by atoms with van der Waals surface area (Å²) in [5, 5.41) is 0. The van der Waals surface area contributed by atoms with E-state index in [1.807, 2.05) is 24.3 Å². The monoisotopic (exact) mass is 452 g/mol. The number of benzene rings is 3. The van der Waals surface area contributed by atoms with Gasteiger partial charge in [-0.2, -0.15) is 0 Å². The van der Waals surface area contributed by atoms with Crippen molar-refractivity contribution < 1.29 is 38.8 Å². The molecule has 0 amide bonds. The predicted octanol–water partition coefficient (Wildman–Crippen LogP) is 1.11. The van der Waals surface area contributed by atoms with E-state index < -0.39 is 11.4 Å². The van der Waals surface area contributed by atoms with Crippen molar-refractivity contribution in [2.75, 3.05) is 6.61 Å². The maximum atomic E-state index is 11.5. The number of hydrogen-bond donors (Lipinski definition) is 0. The summed E-state index contributed by atoms with van der Waals surface area (Å²) in [5.74, 6) is -0.123. The van der Waals surface area contributed by atoms with Gasteiger partial charge in [0.1, 0.15) is 5.75 Å². The molecule has 0 saturated carbocycles. The number of nitrogens with zero attached hydrogens (tertiary/aromatic N) is 2. The molecule has 0 aliphatic carbocycles. The van der Waals surface area contributed by atoms with Gasteiger partial charge in [0.05, 0.1) is 6.61 Å². The Labute approximate surface area is 214 Å². The van der Waals surface area contributed by atoms with Gasteiger partial charge in [-0.05, 0) is 72.2 Å². The van der Waals surface area contributed by atoms with Gasteiger partial charge in [0.15, 0.2) is 5.69 Å². The molecular weight excluding hydrogens is 427 g/mol. The van der Waals surface area contributed by atoms with E-state index in [4.69, 9.17) is 9.26 Å². The Morgan fingerprint density at radius 3 is 2.27 bits per heavy atom. The van der Waals surface area contributed by atoms with Crippen molar-refractivity contribution in [3.05, 3.63) is 110 Å². The minimum atomic E-state index is -0.880. The number of ether oxygens (including phenoxy) is 1. The summed E-state index contributed by atoms with van der Waals surface area (Å²) in [5.41, 5.74) is 6.57. The summed E-state index contributed by atoms with van der Waals surface area (Å²) in [4.78, 5) is 25.7. The first-order valence-electron chi connectivity index (χ1n) is 10.6. The molecule has 3 aromatic carbocycles. The van der Waals surface area contributed by atoms with E-state index in [0.29, 0.717) is 6.61 Å². The second kappa shape index (κ2) is 11.4. The quantitative estimate of drug-likeness (QED) is 0.296. The van der Waals surface area contributed by atoms with Crippen LogP contribution in [0.4, 0.5) is 0 Å². The Kier molecular flexibility index (Phi) is 8.55. The molecule has 0 bridgehead atoms. The first-order valence-corrected chi connectivity index (χ1v) is 10.6. The molecule has 164 valence electrons. The molecule has 0 saturated heterocycles. The largest absolute Gasteiger partial charge is 1.00 e. The van der Waals surface area contributed by atoms with Gasteiger partial charge in [0, 0.05) is 6.54 Å². The molecule has 4 rings (SSSR count). The fourth-order valence-corrected chi connectivity index (χ4v) is 3.86. The van der Waals surface area contributed by atoms with E-state index >= 15 is 0 Å². The van der Waals surface area contributed by atoms with Crippen LogP contribution in [-0.4, -0.2) is 11.3 Å². The van der Waals surface area contributed by atoms with Gasteiger partial charge in [-0.15, -0.1) is 0 Å². The molecule has 0 radical (unpaired) electrons. The van der Waals surface area contributed by atoms with E-state index in [1.165, 1.54) is 27.8 Å². The van der Waals surface area contributed by atoms with E-state index in [-0.39, 0.29) is 36.1 Å². The molecule has 0 aliphatic rings. The first kappa shape index (κ1) is 24.8. The maximum absolute atomic E-state index is 11.5. The Balaban J connectivity index is 0.00000306. The summed E-state index contributed by atoms with van der Waals surface area (Å²) >= 11 is 0. The van der Waals surface area contributed by atoms with Crippen LogP contribution in [-0.2, 0) is 13.0 Å². The molecule has 33 heavy (non-hydrogen) atoms. The first-order chi connectivity index (χ1) is 15.5. The number of hydrogen-bond acceptors (Lipinski definition) is 4. The topological polar surface area (TPSA) is 75.5 Å². The molecule has 0 fully saturated rings. The Hall–Kier alpha value is -2.80. The van der Waals surface area contributed by atoms with Crippen LogP contribution in [0.3, 0.4) is 0 Å². The molecule has 0 N–H and O–H groups in total. The van der Waals surface area contributed by atoms with E-state index in [2.05, 4.69) is 61.3 Å². The number of aromatic nitrogens is 2. The smallest absolute Gasteiger partial charge is 0.494 e. The minimum Gasteiger partial charge on any atom is -0.494 e. The van der Waals surface area contributed by atoms with Gasteiger partial charge in [-0.1, -0.05) is 54.6 Å². The SMILES string of the molecule is Cc1cccc(C)c1-c1cccc(CCCOc2ccc(Cn3oc(=O)[n-]c3=O)cc2)c1.[Na+]. The average molecular weight is 452 g/mol. The van der Waals surface area contributed by atoms with E-state index in [1.54, 1.807) is 0 Å². The van der Waals surface area contributed by atoms with Crippen molar-refractivity contribution in [3.63, 3.8) is 0 Å². The van der Waals surface area contributed by atoms with Gasteiger partial charge in [0.2, 0.25) is 0 Å². The zero-order chi connectivity index (χ0) is 22.5. The van der Waals surface area contributed by atoms with Crippen LogP contribution in [0.25, 0.3) is 11.1 Å². The second-order valence-electron chi connectivity index (χ2n) is 7.85. The summed E-state index contributed by atoms with van der Waals surface area (Å²) in [6.07, 6.45) is 1.83. The Bertz CT molecular complexity index is 1300. The van der Waals surface area contributed by atoms with Crippen molar-refractivity contribution in [1.82, 2.24) is 9.72 Å². The molecule has 0 spiro atoms. The summed E-state index contributed by atoms with van der Waals surface area (Å²) in [6.45, 7) is 5.07. The maximum Gasteiger partial charge on any atom is 1.00 e. The van der Waals surface area contributed by atoms with Gasteiger partial charge in [-0.3, -0.25) is 9.53 Å².